The van der Waals surface area contributed by atoms with Crippen LogP contribution in [-0.2, 0) is 20.6 Å². The second kappa shape index (κ2) is 7.53. The molecule has 1 N–H and O–H groups in total. The summed E-state index contributed by atoms with van der Waals surface area (Å²) in [5, 5.41) is 11.7. The normalized spacial score (nSPS) is 14.4. The largest absolute Gasteiger partial charge is 0.315 e. The van der Waals surface area contributed by atoms with E-state index in [2.05, 4.69) is 5.32 Å². The molecule has 2 unspecified atom stereocenters. The third-order valence-electron chi connectivity index (χ3n) is 2.87. The Morgan fingerprint density at radius 2 is 2.15 bits per heavy atom. The van der Waals surface area contributed by atoms with E-state index in [9.17, 15) is 12.6 Å². The first-order valence-electron chi connectivity index (χ1n) is 6.12. The Morgan fingerprint density at radius 3 is 2.75 bits per heavy atom. The van der Waals surface area contributed by atoms with Gasteiger partial charge in [0.05, 0.1) is 22.3 Å². The fourth-order valence-electron chi connectivity index (χ4n) is 1.51. The highest BCUT2D eigenvalue weighted by Gasteiger charge is 2.14. The van der Waals surface area contributed by atoms with E-state index < -0.39 is 20.6 Å². The van der Waals surface area contributed by atoms with Crippen molar-refractivity contribution in [3.05, 3.63) is 29.8 Å². The first-order chi connectivity index (χ1) is 9.36. The highest BCUT2D eigenvalue weighted by Crippen LogP contribution is 2.12. The second-order valence-electron chi connectivity index (χ2n) is 4.47. The number of nitrogens with zero attached hydrogens (tertiary/aromatic N) is 1. The molecule has 0 aromatic heterocycles. The van der Waals surface area contributed by atoms with Crippen LogP contribution in [0.2, 0.25) is 0 Å². The van der Waals surface area contributed by atoms with Gasteiger partial charge in [0.15, 0.2) is 9.84 Å². The van der Waals surface area contributed by atoms with Crippen molar-refractivity contribution in [3.8, 4) is 6.07 Å². The summed E-state index contributed by atoms with van der Waals surface area (Å²) in [6.45, 7) is 2.64. The predicted molar refractivity (Wildman–Crippen MR) is 79.6 cm³/mol. The van der Waals surface area contributed by atoms with Gasteiger partial charge in [0.1, 0.15) is 0 Å². The summed E-state index contributed by atoms with van der Waals surface area (Å²) < 4.78 is 35.3. The maximum atomic E-state index is 12.1. The number of hydrogen-bond donors (Lipinski definition) is 1. The molecule has 0 aliphatic rings. The number of sulfone groups is 1. The van der Waals surface area contributed by atoms with E-state index in [0.29, 0.717) is 18.7 Å². The third kappa shape index (κ3) is 5.04. The topological polar surface area (TPSA) is 87.0 Å². The lowest BCUT2D eigenvalue weighted by Crippen LogP contribution is -2.31. The van der Waals surface area contributed by atoms with Crippen molar-refractivity contribution in [3.63, 3.8) is 0 Å². The molecule has 0 saturated heterocycles. The van der Waals surface area contributed by atoms with Crippen molar-refractivity contribution in [2.24, 2.45) is 0 Å². The summed E-state index contributed by atoms with van der Waals surface area (Å²) in [4.78, 5) is 0.158. The first-order valence-corrected chi connectivity index (χ1v) is 9.40. The van der Waals surface area contributed by atoms with Crippen LogP contribution >= 0.6 is 0 Å². The lowest BCUT2D eigenvalue weighted by Gasteiger charge is -2.10. The van der Waals surface area contributed by atoms with Crippen LogP contribution in [0.1, 0.15) is 12.5 Å². The van der Waals surface area contributed by atoms with Gasteiger partial charge in [-0.3, -0.25) is 4.21 Å². The van der Waals surface area contributed by atoms with Crippen LogP contribution in [0.25, 0.3) is 0 Å². The molecule has 1 aromatic rings. The van der Waals surface area contributed by atoms with E-state index in [4.69, 9.17) is 5.26 Å². The monoisotopic (exact) mass is 314 g/mol. The molecule has 20 heavy (non-hydrogen) atoms. The molecular formula is C13H18N2O3S2. The van der Waals surface area contributed by atoms with Crippen molar-refractivity contribution in [2.45, 2.75) is 17.1 Å². The van der Waals surface area contributed by atoms with Gasteiger partial charge in [-0.2, -0.15) is 5.26 Å². The van der Waals surface area contributed by atoms with Crippen LogP contribution in [0.3, 0.4) is 0 Å². The summed E-state index contributed by atoms with van der Waals surface area (Å²) in [7, 11) is -4.32. The Labute approximate surface area is 122 Å². The van der Waals surface area contributed by atoms with Gasteiger partial charge in [-0.25, -0.2) is 8.42 Å². The number of nitriles is 1. The van der Waals surface area contributed by atoms with E-state index in [1.54, 1.807) is 18.4 Å². The average molecular weight is 314 g/mol. The second-order valence-corrected chi connectivity index (χ2v) is 8.38. The Balaban J connectivity index is 2.58. The average Bonchev–Trinajstić information content (AvgIpc) is 2.43. The van der Waals surface area contributed by atoms with Crippen molar-refractivity contribution >= 4 is 20.6 Å². The number of nitrogens with one attached hydrogen (secondary N) is 1. The fraction of sp³-hybridized carbons (Fsp3) is 0.462. The van der Waals surface area contributed by atoms with Crippen molar-refractivity contribution in [1.82, 2.24) is 5.32 Å². The van der Waals surface area contributed by atoms with Gasteiger partial charge in [0.2, 0.25) is 0 Å². The minimum atomic E-state index is -3.40. The van der Waals surface area contributed by atoms with E-state index in [-0.39, 0.29) is 15.9 Å². The smallest absolute Gasteiger partial charge is 0.179 e. The first kappa shape index (κ1) is 16.8. The molecule has 0 aliphatic carbocycles. The van der Waals surface area contributed by atoms with Crippen LogP contribution in [0.5, 0.6) is 0 Å². The molecule has 1 aromatic carbocycles. The molecule has 0 heterocycles. The Kier molecular flexibility index (Phi) is 6.33. The summed E-state index contributed by atoms with van der Waals surface area (Å²) in [5.41, 5.74) is 0.328. The van der Waals surface area contributed by atoms with Crippen LogP contribution in [0, 0.1) is 11.3 Å². The lowest BCUT2D eigenvalue weighted by atomic mass is 10.2. The molecule has 0 saturated carbocycles. The van der Waals surface area contributed by atoms with Gasteiger partial charge in [-0.05, 0) is 25.1 Å². The van der Waals surface area contributed by atoms with Crippen molar-refractivity contribution < 1.29 is 12.6 Å². The minimum absolute atomic E-state index is 0.0142. The summed E-state index contributed by atoms with van der Waals surface area (Å²) >= 11 is 0. The zero-order valence-electron chi connectivity index (χ0n) is 11.5. The minimum Gasteiger partial charge on any atom is -0.315 e. The summed E-state index contributed by atoms with van der Waals surface area (Å²) in [6.07, 6.45) is 1.62. The molecule has 0 bridgehead atoms. The molecule has 2 atom stereocenters. The number of rotatable bonds is 7. The molecule has 0 fully saturated rings. The van der Waals surface area contributed by atoms with Gasteiger partial charge in [0, 0.05) is 35.4 Å². The van der Waals surface area contributed by atoms with E-state index in [1.807, 2.05) is 13.0 Å². The maximum absolute atomic E-state index is 12.1. The Hall–Kier alpha value is -1.23. The van der Waals surface area contributed by atoms with Crippen LogP contribution in [-0.4, -0.2) is 43.0 Å². The zero-order chi connectivity index (χ0) is 15.2. The molecule has 0 aliphatic heterocycles. The fourth-order valence-corrected chi connectivity index (χ4v) is 3.10. The molecule has 0 spiro atoms. The number of hydrogen-bond acceptors (Lipinski definition) is 5. The van der Waals surface area contributed by atoms with E-state index in [0.717, 1.165) is 0 Å². The Bertz CT molecular complexity index is 621. The summed E-state index contributed by atoms with van der Waals surface area (Å²) in [5.74, 6) is -0.0506. The molecule has 5 nitrogen and oxygen atoms in total. The van der Waals surface area contributed by atoms with E-state index in [1.165, 1.54) is 12.1 Å². The quantitative estimate of drug-likeness (QED) is 0.748. The predicted octanol–water partition coefficient (Wildman–Crippen LogP) is 0.689. The maximum Gasteiger partial charge on any atom is 0.179 e. The van der Waals surface area contributed by atoms with Gasteiger partial charge < -0.3 is 5.32 Å². The van der Waals surface area contributed by atoms with Gasteiger partial charge >= 0.3 is 0 Å². The van der Waals surface area contributed by atoms with Gasteiger partial charge in [0.25, 0.3) is 0 Å². The van der Waals surface area contributed by atoms with Gasteiger partial charge in [-0.1, -0.05) is 6.07 Å². The van der Waals surface area contributed by atoms with Crippen LogP contribution in [0.4, 0.5) is 0 Å². The molecule has 7 heteroatoms. The van der Waals surface area contributed by atoms with Crippen LogP contribution < -0.4 is 5.32 Å². The van der Waals surface area contributed by atoms with Crippen LogP contribution in [0.15, 0.2) is 29.2 Å². The standard InChI is InChI=1S/C13H18N2O3S2/c1-11(19(2)16)10-15-6-7-20(17,18)13-5-3-4-12(8-13)9-14/h3-5,8,11,15H,6-7,10H2,1-2H3. The van der Waals surface area contributed by atoms with Crippen molar-refractivity contribution in [1.29, 1.82) is 5.26 Å². The molecular weight excluding hydrogens is 296 g/mol. The van der Waals surface area contributed by atoms with Gasteiger partial charge in [-0.15, -0.1) is 0 Å². The van der Waals surface area contributed by atoms with E-state index >= 15 is 0 Å². The highest BCUT2D eigenvalue weighted by atomic mass is 32.2. The highest BCUT2D eigenvalue weighted by molar-refractivity contribution is 7.91. The molecule has 0 amide bonds. The summed E-state index contributed by atoms with van der Waals surface area (Å²) in [6, 6.07) is 7.90. The third-order valence-corrected chi connectivity index (χ3v) is 5.88. The Morgan fingerprint density at radius 1 is 1.45 bits per heavy atom. The number of benzene rings is 1. The lowest BCUT2D eigenvalue weighted by molar-refractivity contribution is 0.590. The van der Waals surface area contributed by atoms with Crippen molar-refractivity contribution in [2.75, 3.05) is 25.1 Å². The SMILES string of the molecule is CC(CNCCS(=O)(=O)c1cccc(C#N)c1)S(C)=O. The zero-order valence-corrected chi connectivity index (χ0v) is 13.1. The molecule has 110 valence electrons. The molecule has 0 radical (unpaired) electrons. The molecule has 1 rings (SSSR count).